The van der Waals surface area contributed by atoms with Gasteiger partial charge in [0, 0.05) is 13.1 Å². The van der Waals surface area contributed by atoms with Crippen LogP contribution in [0.5, 0.6) is 0 Å². The van der Waals surface area contributed by atoms with Crippen molar-refractivity contribution in [2.75, 3.05) is 7.05 Å². The van der Waals surface area contributed by atoms with Crippen LogP contribution >= 0.6 is 0 Å². The van der Waals surface area contributed by atoms with Gasteiger partial charge in [-0.1, -0.05) is 44.9 Å². The molecule has 2 aliphatic rings. The highest BCUT2D eigenvalue weighted by Crippen LogP contribution is 2.34. The van der Waals surface area contributed by atoms with Crippen molar-refractivity contribution >= 4 is 5.91 Å². The van der Waals surface area contributed by atoms with Crippen LogP contribution in [0.4, 0.5) is 0 Å². The van der Waals surface area contributed by atoms with Crippen molar-refractivity contribution < 1.29 is 4.79 Å². The summed E-state index contributed by atoms with van der Waals surface area (Å²) in [5.41, 5.74) is 12.0. The van der Waals surface area contributed by atoms with Gasteiger partial charge < -0.3 is 16.8 Å². The van der Waals surface area contributed by atoms with Gasteiger partial charge in [-0.2, -0.15) is 0 Å². The molecule has 5 N–H and O–H groups in total. The van der Waals surface area contributed by atoms with E-state index in [2.05, 4.69) is 5.32 Å². The number of rotatable bonds is 6. The molecule has 0 bridgehead atoms. The molecule has 1 amide bonds. The predicted octanol–water partition coefficient (Wildman–Crippen LogP) is 2.70. The van der Waals surface area contributed by atoms with E-state index in [0.717, 1.165) is 38.0 Å². The Morgan fingerprint density at radius 2 is 1.77 bits per heavy atom. The van der Waals surface area contributed by atoms with Gasteiger partial charge in [0.1, 0.15) is 0 Å². The van der Waals surface area contributed by atoms with Crippen LogP contribution in [-0.2, 0) is 4.79 Å². The van der Waals surface area contributed by atoms with E-state index >= 15 is 0 Å². The molecule has 0 aromatic rings. The van der Waals surface area contributed by atoms with E-state index in [-0.39, 0.29) is 5.91 Å². The van der Waals surface area contributed by atoms with E-state index in [1.807, 2.05) is 0 Å². The van der Waals surface area contributed by atoms with E-state index < -0.39 is 5.54 Å². The van der Waals surface area contributed by atoms with Crippen LogP contribution in [0.3, 0.4) is 0 Å². The Labute approximate surface area is 135 Å². The molecule has 0 spiro atoms. The van der Waals surface area contributed by atoms with Crippen molar-refractivity contribution in [2.24, 2.45) is 23.3 Å². The number of nitrogens with one attached hydrogen (secondary N) is 1. The summed E-state index contributed by atoms with van der Waals surface area (Å²) in [6.45, 7) is 0. The number of hydrogen-bond acceptors (Lipinski definition) is 3. The highest BCUT2D eigenvalue weighted by Gasteiger charge is 2.37. The monoisotopic (exact) mass is 309 g/mol. The van der Waals surface area contributed by atoms with Crippen molar-refractivity contribution in [3.8, 4) is 0 Å². The largest absolute Gasteiger partial charge is 0.358 e. The van der Waals surface area contributed by atoms with E-state index in [1.165, 1.54) is 44.9 Å². The molecule has 22 heavy (non-hydrogen) atoms. The summed E-state index contributed by atoms with van der Waals surface area (Å²) in [5, 5.41) is 2.80. The fraction of sp³-hybridized carbons (Fsp3) is 0.944. The molecule has 0 saturated heterocycles. The fourth-order valence-corrected chi connectivity index (χ4v) is 4.53. The lowest BCUT2D eigenvalue weighted by Crippen LogP contribution is -2.55. The first-order valence-corrected chi connectivity index (χ1v) is 9.30. The minimum absolute atomic E-state index is 0.0162. The summed E-state index contributed by atoms with van der Waals surface area (Å²) in [5.74, 6) is 1.30. The Morgan fingerprint density at radius 1 is 1.09 bits per heavy atom. The number of carbonyl (C=O) groups is 1. The minimum atomic E-state index is -0.700. The standard InChI is InChI=1S/C18H35N3O/c1-21-17(22)18(20,11-10-14-6-3-2-4-7-14)13-15-8-5-9-16(19)12-15/h14-16H,2-13,19-20H2,1H3,(H,21,22)/t15-,16?,18+/m0/s1. The van der Waals surface area contributed by atoms with Crippen LogP contribution in [0.25, 0.3) is 0 Å². The molecule has 1 unspecified atom stereocenters. The van der Waals surface area contributed by atoms with Crippen molar-refractivity contribution in [1.29, 1.82) is 0 Å². The molecule has 2 fully saturated rings. The van der Waals surface area contributed by atoms with E-state index in [9.17, 15) is 4.79 Å². The van der Waals surface area contributed by atoms with Crippen LogP contribution in [-0.4, -0.2) is 24.5 Å². The fourth-order valence-electron chi connectivity index (χ4n) is 4.53. The Kier molecular flexibility index (Phi) is 6.69. The van der Waals surface area contributed by atoms with Gasteiger partial charge in [0.25, 0.3) is 0 Å². The van der Waals surface area contributed by atoms with E-state index in [1.54, 1.807) is 7.05 Å². The number of nitrogens with two attached hydrogens (primary N) is 2. The molecule has 2 aliphatic carbocycles. The Morgan fingerprint density at radius 3 is 2.41 bits per heavy atom. The molecule has 3 atom stereocenters. The lowest BCUT2D eigenvalue weighted by Gasteiger charge is -2.36. The quantitative estimate of drug-likeness (QED) is 0.705. The summed E-state index contributed by atoms with van der Waals surface area (Å²) >= 11 is 0. The zero-order valence-corrected chi connectivity index (χ0v) is 14.3. The molecule has 4 heteroatoms. The molecule has 0 aliphatic heterocycles. The minimum Gasteiger partial charge on any atom is -0.358 e. The summed E-state index contributed by atoms with van der Waals surface area (Å²) in [6.07, 6.45) is 13.9. The summed E-state index contributed by atoms with van der Waals surface area (Å²) in [6, 6.07) is 0.297. The molecule has 2 rings (SSSR count). The maximum atomic E-state index is 12.4. The van der Waals surface area contributed by atoms with Gasteiger partial charge in [0.15, 0.2) is 0 Å². The summed E-state index contributed by atoms with van der Waals surface area (Å²) < 4.78 is 0. The van der Waals surface area contributed by atoms with Gasteiger partial charge in [-0.15, -0.1) is 0 Å². The van der Waals surface area contributed by atoms with E-state index in [4.69, 9.17) is 11.5 Å². The maximum absolute atomic E-state index is 12.4. The average molecular weight is 309 g/mol. The first-order chi connectivity index (χ1) is 10.5. The van der Waals surface area contributed by atoms with Crippen molar-refractivity contribution in [3.05, 3.63) is 0 Å². The van der Waals surface area contributed by atoms with Gasteiger partial charge in [-0.3, -0.25) is 4.79 Å². The maximum Gasteiger partial charge on any atom is 0.239 e. The first kappa shape index (κ1) is 17.7. The third-order valence-electron chi connectivity index (χ3n) is 5.88. The molecule has 128 valence electrons. The van der Waals surface area contributed by atoms with Crippen LogP contribution in [0.15, 0.2) is 0 Å². The third-order valence-corrected chi connectivity index (χ3v) is 5.88. The van der Waals surface area contributed by atoms with Crippen molar-refractivity contribution in [3.63, 3.8) is 0 Å². The SMILES string of the molecule is CNC(=O)[C@@](N)(CCC1CCCCC1)C[C@H]1CCCC(N)C1. The van der Waals surface area contributed by atoms with Gasteiger partial charge in [0.05, 0.1) is 5.54 Å². The second-order valence-electron chi connectivity index (χ2n) is 7.77. The normalized spacial score (nSPS) is 29.8. The molecule has 0 aromatic carbocycles. The number of likely N-dealkylation sites (N-methyl/N-ethyl adjacent to an activating group) is 1. The molecule has 0 heterocycles. The van der Waals surface area contributed by atoms with E-state index in [0.29, 0.717) is 12.0 Å². The lowest BCUT2D eigenvalue weighted by atomic mass is 9.74. The average Bonchev–Trinajstić information content (AvgIpc) is 2.53. The van der Waals surface area contributed by atoms with Crippen LogP contribution in [0.1, 0.15) is 77.0 Å². The number of amides is 1. The summed E-state index contributed by atoms with van der Waals surface area (Å²) in [7, 11) is 1.71. The van der Waals surface area contributed by atoms with Gasteiger partial charge in [-0.25, -0.2) is 0 Å². The van der Waals surface area contributed by atoms with Gasteiger partial charge in [-0.05, 0) is 43.9 Å². The van der Waals surface area contributed by atoms with Crippen molar-refractivity contribution in [1.82, 2.24) is 5.32 Å². The zero-order chi connectivity index (χ0) is 16.0. The highest BCUT2D eigenvalue weighted by molar-refractivity contribution is 5.85. The Hall–Kier alpha value is -0.610. The van der Waals surface area contributed by atoms with Crippen LogP contribution in [0, 0.1) is 11.8 Å². The van der Waals surface area contributed by atoms with Gasteiger partial charge >= 0.3 is 0 Å². The topological polar surface area (TPSA) is 81.1 Å². The number of carbonyl (C=O) groups excluding carboxylic acids is 1. The lowest BCUT2D eigenvalue weighted by molar-refractivity contribution is -0.127. The molecule has 4 nitrogen and oxygen atoms in total. The highest BCUT2D eigenvalue weighted by atomic mass is 16.2. The number of hydrogen-bond donors (Lipinski definition) is 3. The second kappa shape index (κ2) is 8.30. The summed E-state index contributed by atoms with van der Waals surface area (Å²) in [4.78, 5) is 12.4. The zero-order valence-electron chi connectivity index (χ0n) is 14.3. The predicted molar refractivity (Wildman–Crippen MR) is 91.3 cm³/mol. The third kappa shape index (κ3) is 4.95. The molecule has 0 radical (unpaired) electrons. The Bertz CT molecular complexity index is 354. The molecule has 0 aromatic heterocycles. The molecular formula is C18H35N3O. The van der Waals surface area contributed by atoms with Crippen molar-refractivity contribution in [2.45, 2.75) is 88.6 Å². The first-order valence-electron chi connectivity index (χ1n) is 9.30. The van der Waals surface area contributed by atoms with Crippen LogP contribution < -0.4 is 16.8 Å². The van der Waals surface area contributed by atoms with Gasteiger partial charge in [0.2, 0.25) is 5.91 Å². The smallest absolute Gasteiger partial charge is 0.239 e. The van der Waals surface area contributed by atoms with Crippen LogP contribution in [0.2, 0.25) is 0 Å². The molecule has 2 saturated carbocycles. The molecular weight excluding hydrogens is 274 g/mol. The Balaban J connectivity index is 1.91. The second-order valence-corrected chi connectivity index (χ2v) is 7.77.